The third kappa shape index (κ3) is 388. The van der Waals surface area contributed by atoms with Crippen LogP contribution in [0.1, 0.15) is 0 Å². The van der Waals surface area contributed by atoms with Gasteiger partial charge in [0.2, 0.25) is 0 Å². The molecule has 0 aromatic heterocycles. The van der Waals surface area contributed by atoms with Crippen LogP contribution in [0.3, 0.4) is 0 Å². The summed E-state index contributed by atoms with van der Waals surface area (Å²) in [5, 5.41) is 0. The van der Waals surface area contributed by atoms with E-state index in [0.717, 1.165) is 0 Å². The molecule has 0 rings (SSSR count). The van der Waals surface area contributed by atoms with Gasteiger partial charge in [0.25, 0.3) is 0 Å². The zero-order valence-corrected chi connectivity index (χ0v) is 22.6. The van der Waals surface area contributed by atoms with Crippen LogP contribution in [0.25, 0.3) is 0 Å². The number of hydrogen-bond acceptors (Lipinski definition) is 3. The van der Waals surface area contributed by atoms with E-state index in [-0.39, 0.29) is 0 Å². The molecule has 0 heterocycles. The molecule has 0 saturated heterocycles. The summed E-state index contributed by atoms with van der Waals surface area (Å²) in [4.78, 5) is 42.9. The first-order valence-corrected chi connectivity index (χ1v) is 5.86. The summed E-state index contributed by atoms with van der Waals surface area (Å²) >= 11 is 0. The average Bonchev–Trinajstić information content (AvgIpc) is 1.54. The van der Waals surface area contributed by atoms with Gasteiger partial charge in [-0.3, -0.25) is 13.7 Å². The Morgan fingerprint density at radius 2 is 0.500 bits per heavy atom. The average molecular weight is 780 g/mol. The van der Waals surface area contributed by atoms with Crippen LogP contribution in [0.5, 0.6) is 0 Å². The Kier molecular flexibility index (Phi) is 47.3. The molecule has 14 heavy (non-hydrogen) atoms. The van der Waals surface area contributed by atoms with Crippen LogP contribution in [0, 0.1) is 0 Å². The van der Waals surface area contributed by atoms with Crippen molar-refractivity contribution in [3.8, 4) is 0 Å². The quantitative estimate of drug-likeness (QED) is 0.154. The number of hydrogen-bond donors (Lipinski definition) is 6. The fourth-order valence-electron chi connectivity index (χ4n) is 0. The second kappa shape index (κ2) is 22.5. The Morgan fingerprint density at radius 3 is 0.500 bits per heavy atom. The van der Waals surface area contributed by atoms with E-state index in [0.29, 0.717) is 0 Å². The summed E-state index contributed by atoms with van der Waals surface area (Å²) in [6.07, 6.45) is 0. The summed E-state index contributed by atoms with van der Waals surface area (Å²) in [6.45, 7) is 0. The predicted molar refractivity (Wildman–Crippen MR) is 40.3 cm³/mol. The van der Waals surface area contributed by atoms with Crippen LogP contribution in [-0.4, -0.2) is 29.4 Å². The van der Waals surface area contributed by atoms with Crippen molar-refractivity contribution in [1.82, 2.24) is 0 Å². The molecule has 6 N–H and O–H groups in total. The van der Waals surface area contributed by atoms with Gasteiger partial charge in [0.15, 0.2) is 0 Å². The maximum Gasteiger partial charge on any atom is 0.314 e. The second-order valence-electron chi connectivity index (χ2n) is 0.848. The largest absolute Gasteiger partial charge is 0.326 e. The molecule has 0 atom stereocenters. The van der Waals surface area contributed by atoms with Crippen LogP contribution in [-0.2, 0) is 13.7 Å². The summed E-state index contributed by atoms with van der Waals surface area (Å²) < 4.78 is 26.2. The normalized spacial score (nSPS) is 7.50. The number of rotatable bonds is 0. The summed E-state index contributed by atoms with van der Waals surface area (Å²) in [5.41, 5.74) is 0. The molecule has 0 aromatic rings. The predicted octanol–water partition coefficient (Wildman–Crippen LogP) is -1.92. The molecular weight excluding hydrogens is 771 g/mol. The van der Waals surface area contributed by atoms with Gasteiger partial charge in [-0.1, -0.05) is 0 Å². The van der Waals surface area contributed by atoms with Gasteiger partial charge in [0.1, 0.15) is 0 Å². The fourth-order valence-corrected chi connectivity index (χ4v) is 0. The van der Waals surface area contributed by atoms with Gasteiger partial charge in [-0.05, 0) is 0 Å². The van der Waals surface area contributed by atoms with E-state index < -0.39 is 24.8 Å². The Balaban J connectivity index is -0.0000000270. The van der Waals surface area contributed by atoms with E-state index in [1.165, 1.54) is 0 Å². The van der Waals surface area contributed by atoms with Gasteiger partial charge in [0.05, 0.1) is 0 Å². The molecule has 0 aliphatic rings. The van der Waals surface area contributed by atoms with Gasteiger partial charge >= 0.3 is 24.8 Å². The zero-order chi connectivity index (χ0) is 10.7. The van der Waals surface area contributed by atoms with Crippen LogP contribution in [0.4, 0.5) is 0 Å². The van der Waals surface area contributed by atoms with Crippen molar-refractivity contribution >= 4 is 24.8 Å². The minimum absolute atomic E-state index is 0. The van der Waals surface area contributed by atoms with Crippen molar-refractivity contribution in [2.24, 2.45) is 0 Å². The van der Waals surface area contributed by atoms with Crippen LogP contribution < -0.4 is 0 Å². The Morgan fingerprint density at radius 1 is 0.500 bits per heavy atom. The Labute approximate surface area is 68.8 Å². The molecule has 0 unspecified atom stereocenters. The van der Waals surface area contributed by atoms with Crippen LogP contribution >= 0.6 is 24.8 Å². The molecule has 0 aromatic carbocycles. The monoisotopic (exact) mass is 780 g/mol. The van der Waals surface area contributed by atoms with Crippen molar-refractivity contribution in [3.63, 3.8) is 0 Å². The molecule has 0 radical (unpaired) electrons. The van der Waals surface area contributed by atoms with Crippen molar-refractivity contribution in [3.05, 3.63) is 0 Å². The summed E-state index contributed by atoms with van der Waals surface area (Å²) in [6, 6.07) is 0. The molecule has 0 aliphatic carbocycles. The van der Waals surface area contributed by atoms with E-state index in [1.54, 1.807) is 0 Å². The fraction of sp³-hybridized carbons (Fsp3) is 0. The van der Waals surface area contributed by atoms with E-state index in [4.69, 9.17) is 43.1 Å². The van der Waals surface area contributed by atoms with Gasteiger partial charge < -0.3 is 29.4 Å². The molecule has 0 amide bonds. The standard InChI is InChI=1S/3H3O3P.2Rf/c3*1-4(2)3;;/h3*4H,(H2,1,2,3);;. The first-order chi connectivity index (χ1) is 5.20. The minimum Gasteiger partial charge on any atom is -0.326 e. The third-order valence-electron chi connectivity index (χ3n) is 0. The maximum absolute atomic E-state index is 8.74. The molecule has 82 valence electrons. The van der Waals surface area contributed by atoms with E-state index in [9.17, 15) is 0 Å². The third-order valence-corrected chi connectivity index (χ3v) is 0. The van der Waals surface area contributed by atoms with Crippen molar-refractivity contribution < 1.29 is 43.1 Å². The molecule has 9 nitrogen and oxygen atoms in total. The van der Waals surface area contributed by atoms with Gasteiger partial charge in [0, 0.05) is 0 Å². The van der Waals surface area contributed by atoms with Crippen LogP contribution in [0.2, 0.25) is 0 Å². The molecule has 0 aliphatic heterocycles. The van der Waals surface area contributed by atoms with Crippen molar-refractivity contribution in [1.29, 1.82) is 0 Å². The molecule has 14 heteroatoms. The summed E-state index contributed by atoms with van der Waals surface area (Å²) in [7, 11) is -9.39. The first-order valence-electron chi connectivity index (χ1n) is 1.95. The SMILES string of the molecule is O=[PH](O)O.O=[PH](O)O.O=[PH](O)O.[Rf].[Rf]. The Bertz CT molecular complexity index is 116. The van der Waals surface area contributed by atoms with Gasteiger partial charge in [-0.25, -0.2) is 0 Å². The first kappa shape index (κ1) is 29.4. The molecule has 0 bridgehead atoms. The van der Waals surface area contributed by atoms with E-state index in [2.05, 4.69) is 0 Å². The van der Waals surface area contributed by atoms with Crippen molar-refractivity contribution in [2.75, 3.05) is 0 Å². The Hall–Kier alpha value is -1.55. The zero-order valence-electron chi connectivity index (χ0n) is 6.82. The minimum atomic E-state index is -3.13. The maximum atomic E-state index is 8.74. The van der Waals surface area contributed by atoms with E-state index >= 15 is 0 Å². The molecule has 0 fully saturated rings. The summed E-state index contributed by atoms with van der Waals surface area (Å²) in [5.74, 6) is 0. The molecular formula is H9O9P3Rf2. The van der Waals surface area contributed by atoms with Crippen LogP contribution in [0.15, 0.2) is 0 Å². The second-order valence-corrected chi connectivity index (χ2v) is 2.54. The van der Waals surface area contributed by atoms with Gasteiger partial charge in [-0.2, -0.15) is 0 Å². The molecule has 0 saturated carbocycles. The molecule has 0 spiro atoms. The van der Waals surface area contributed by atoms with E-state index in [1.807, 2.05) is 0 Å². The van der Waals surface area contributed by atoms with Gasteiger partial charge in [-0.15, -0.1) is 0 Å². The van der Waals surface area contributed by atoms with Crippen molar-refractivity contribution in [2.45, 2.75) is 0 Å². The topological polar surface area (TPSA) is 173 Å². The smallest absolute Gasteiger partial charge is 0.314 e.